The van der Waals surface area contributed by atoms with Crippen LogP contribution < -0.4 is 4.90 Å². The highest BCUT2D eigenvalue weighted by Crippen LogP contribution is 2.22. The van der Waals surface area contributed by atoms with Gasteiger partial charge in [0.25, 0.3) is 0 Å². The van der Waals surface area contributed by atoms with Crippen molar-refractivity contribution >= 4 is 22.8 Å². The molecule has 5 heteroatoms. The number of carboxylic acid groups (broad SMARTS) is 1. The largest absolute Gasteiger partial charge is 0.481 e. The molecule has 0 aliphatic carbocycles. The van der Waals surface area contributed by atoms with Crippen molar-refractivity contribution in [2.75, 3.05) is 11.4 Å². The summed E-state index contributed by atoms with van der Waals surface area (Å²) in [6, 6.07) is 8.03. The summed E-state index contributed by atoms with van der Waals surface area (Å²) in [6.07, 6.45) is 0.769. The lowest BCUT2D eigenvalue weighted by atomic mass is 10.2. The number of rotatable bonds is 6. The molecule has 5 nitrogen and oxygen atoms in total. The zero-order chi connectivity index (χ0) is 15.4. The van der Waals surface area contributed by atoms with E-state index in [-0.39, 0.29) is 12.5 Å². The lowest BCUT2D eigenvalue weighted by molar-refractivity contribution is -0.137. The van der Waals surface area contributed by atoms with Gasteiger partial charge >= 0.3 is 5.97 Å². The topological polar surface area (TPSA) is 66.3 Å². The molecule has 0 saturated heterocycles. The summed E-state index contributed by atoms with van der Waals surface area (Å²) in [7, 11) is 0. The molecule has 2 rings (SSSR count). The second kappa shape index (κ2) is 6.52. The molecule has 2 aromatic rings. The Kier molecular flexibility index (Phi) is 4.73. The fraction of sp³-hybridized carbons (Fsp3) is 0.438. The number of anilines is 1. The highest BCUT2D eigenvalue weighted by atomic mass is 16.4. The quantitative estimate of drug-likeness (QED) is 0.884. The molecule has 1 aromatic heterocycles. The number of nitrogens with zero attached hydrogens (tertiary/aromatic N) is 3. The second-order valence-corrected chi connectivity index (χ2v) is 5.41. The van der Waals surface area contributed by atoms with Crippen LogP contribution in [0.25, 0.3) is 11.0 Å². The Balaban J connectivity index is 2.30. The van der Waals surface area contributed by atoms with E-state index in [2.05, 4.69) is 23.7 Å². The number of aromatic nitrogens is 2. The summed E-state index contributed by atoms with van der Waals surface area (Å²) in [4.78, 5) is 22.1. The molecule has 0 amide bonds. The Morgan fingerprint density at radius 3 is 2.43 bits per heavy atom. The maximum absolute atomic E-state index is 10.7. The molecule has 0 unspecified atom stereocenters. The van der Waals surface area contributed by atoms with Gasteiger partial charge in [0.1, 0.15) is 0 Å². The molecule has 1 heterocycles. The number of hydrogen-bond donors (Lipinski definition) is 1. The van der Waals surface area contributed by atoms with E-state index in [4.69, 9.17) is 10.1 Å². The Morgan fingerprint density at radius 2 is 1.86 bits per heavy atom. The van der Waals surface area contributed by atoms with Crippen LogP contribution in [0.3, 0.4) is 0 Å². The summed E-state index contributed by atoms with van der Waals surface area (Å²) in [5.74, 6) is 0.0779. The predicted octanol–water partition coefficient (Wildman–Crippen LogP) is 3.02. The van der Waals surface area contributed by atoms with Gasteiger partial charge in [-0.2, -0.15) is 0 Å². The molecule has 0 spiro atoms. The van der Waals surface area contributed by atoms with Crippen LogP contribution in [0, 0.1) is 6.92 Å². The fourth-order valence-electron chi connectivity index (χ4n) is 2.36. The summed E-state index contributed by atoms with van der Waals surface area (Å²) < 4.78 is 0. The molecule has 0 aliphatic rings. The summed E-state index contributed by atoms with van der Waals surface area (Å²) in [5.41, 5.74) is 2.62. The molecule has 0 aliphatic heterocycles. The normalized spacial score (nSPS) is 11.0. The SMILES string of the molecule is Cc1nc2ccccc2nc1N(CCCC(=O)O)C(C)C. The van der Waals surface area contributed by atoms with E-state index in [0.29, 0.717) is 13.0 Å². The van der Waals surface area contributed by atoms with E-state index >= 15 is 0 Å². The van der Waals surface area contributed by atoms with Crippen molar-refractivity contribution in [3.63, 3.8) is 0 Å². The number of para-hydroxylation sites is 2. The van der Waals surface area contributed by atoms with Crippen LogP contribution in [0.4, 0.5) is 5.82 Å². The Labute approximate surface area is 124 Å². The number of benzene rings is 1. The van der Waals surface area contributed by atoms with Crippen LogP contribution >= 0.6 is 0 Å². The van der Waals surface area contributed by atoms with Gasteiger partial charge in [0.2, 0.25) is 0 Å². The lowest BCUT2D eigenvalue weighted by Crippen LogP contribution is -2.33. The van der Waals surface area contributed by atoms with E-state index in [0.717, 1.165) is 22.5 Å². The third-order valence-corrected chi connectivity index (χ3v) is 3.40. The smallest absolute Gasteiger partial charge is 0.303 e. The van der Waals surface area contributed by atoms with Crippen LogP contribution in [-0.4, -0.2) is 33.6 Å². The predicted molar refractivity (Wildman–Crippen MR) is 83.6 cm³/mol. The van der Waals surface area contributed by atoms with Gasteiger partial charge in [0.15, 0.2) is 5.82 Å². The van der Waals surface area contributed by atoms with Crippen LogP contribution in [0.1, 0.15) is 32.4 Å². The molecule has 0 bridgehead atoms. The lowest BCUT2D eigenvalue weighted by Gasteiger charge is -2.29. The van der Waals surface area contributed by atoms with Crippen molar-refractivity contribution in [3.8, 4) is 0 Å². The van der Waals surface area contributed by atoms with Crippen LogP contribution in [-0.2, 0) is 4.79 Å². The molecular formula is C16H21N3O2. The maximum atomic E-state index is 10.7. The molecular weight excluding hydrogens is 266 g/mol. The molecule has 0 fully saturated rings. The van der Waals surface area contributed by atoms with Gasteiger partial charge in [0, 0.05) is 19.0 Å². The van der Waals surface area contributed by atoms with E-state index in [9.17, 15) is 4.79 Å². The fourth-order valence-corrected chi connectivity index (χ4v) is 2.36. The number of hydrogen-bond acceptors (Lipinski definition) is 4. The van der Waals surface area contributed by atoms with E-state index in [1.165, 1.54) is 0 Å². The van der Waals surface area contributed by atoms with Crippen LogP contribution in [0.2, 0.25) is 0 Å². The van der Waals surface area contributed by atoms with Crippen LogP contribution in [0.5, 0.6) is 0 Å². The van der Waals surface area contributed by atoms with Gasteiger partial charge in [-0.1, -0.05) is 12.1 Å². The van der Waals surface area contributed by atoms with Gasteiger partial charge in [-0.15, -0.1) is 0 Å². The first-order valence-electron chi connectivity index (χ1n) is 7.21. The van der Waals surface area contributed by atoms with Crippen molar-refractivity contribution in [2.45, 2.75) is 39.7 Å². The highest BCUT2D eigenvalue weighted by molar-refractivity contribution is 5.76. The van der Waals surface area contributed by atoms with Crippen molar-refractivity contribution in [2.24, 2.45) is 0 Å². The Bertz CT molecular complexity index is 640. The Morgan fingerprint density at radius 1 is 1.24 bits per heavy atom. The van der Waals surface area contributed by atoms with Crippen molar-refractivity contribution in [1.82, 2.24) is 9.97 Å². The minimum atomic E-state index is -0.764. The number of carbonyl (C=O) groups is 1. The molecule has 1 aromatic carbocycles. The van der Waals surface area contributed by atoms with Crippen LogP contribution in [0.15, 0.2) is 24.3 Å². The highest BCUT2D eigenvalue weighted by Gasteiger charge is 2.16. The van der Waals surface area contributed by atoms with E-state index in [1.54, 1.807) is 0 Å². The average molecular weight is 287 g/mol. The van der Waals surface area contributed by atoms with Crippen molar-refractivity contribution < 1.29 is 9.90 Å². The Hall–Kier alpha value is -2.17. The summed E-state index contributed by atoms with van der Waals surface area (Å²) in [5, 5.41) is 8.78. The van der Waals surface area contributed by atoms with Crippen molar-refractivity contribution in [3.05, 3.63) is 30.0 Å². The standard InChI is InChI=1S/C16H21N3O2/c1-11(2)19(10-6-9-15(20)21)16-12(3)17-13-7-4-5-8-14(13)18-16/h4-5,7-8,11H,6,9-10H2,1-3H3,(H,20,21). The molecule has 1 N–H and O–H groups in total. The molecule has 0 atom stereocenters. The minimum Gasteiger partial charge on any atom is -0.481 e. The number of carboxylic acids is 1. The molecule has 21 heavy (non-hydrogen) atoms. The molecule has 112 valence electrons. The van der Waals surface area contributed by atoms with Gasteiger partial charge in [-0.05, 0) is 39.3 Å². The zero-order valence-corrected chi connectivity index (χ0v) is 12.7. The second-order valence-electron chi connectivity index (χ2n) is 5.41. The van der Waals surface area contributed by atoms with Gasteiger partial charge in [0.05, 0.1) is 16.7 Å². The van der Waals surface area contributed by atoms with Gasteiger partial charge in [-0.3, -0.25) is 4.79 Å². The number of aliphatic carboxylic acids is 1. The first-order chi connectivity index (χ1) is 9.99. The summed E-state index contributed by atoms with van der Waals surface area (Å²) in [6.45, 7) is 6.77. The first kappa shape index (κ1) is 15.2. The monoisotopic (exact) mass is 287 g/mol. The van der Waals surface area contributed by atoms with E-state index in [1.807, 2.05) is 31.2 Å². The number of aryl methyl sites for hydroxylation is 1. The van der Waals surface area contributed by atoms with E-state index < -0.39 is 5.97 Å². The zero-order valence-electron chi connectivity index (χ0n) is 12.7. The third kappa shape index (κ3) is 3.68. The molecule has 0 radical (unpaired) electrons. The average Bonchev–Trinajstić information content (AvgIpc) is 2.42. The maximum Gasteiger partial charge on any atom is 0.303 e. The first-order valence-corrected chi connectivity index (χ1v) is 7.21. The summed E-state index contributed by atoms with van der Waals surface area (Å²) >= 11 is 0. The third-order valence-electron chi connectivity index (χ3n) is 3.40. The van der Waals surface area contributed by atoms with Gasteiger partial charge < -0.3 is 10.0 Å². The number of fused-ring (bicyclic) bond motifs is 1. The minimum absolute atomic E-state index is 0.170. The van der Waals surface area contributed by atoms with Crippen molar-refractivity contribution in [1.29, 1.82) is 0 Å². The molecule has 0 saturated carbocycles. The van der Waals surface area contributed by atoms with Gasteiger partial charge in [-0.25, -0.2) is 9.97 Å².